The van der Waals surface area contributed by atoms with Crippen molar-refractivity contribution in [3.05, 3.63) is 35.6 Å². The summed E-state index contributed by atoms with van der Waals surface area (Å²) in [4.78, 5) is 6.68. The molecule has 1 rings (SSSR count). The molecule has 6 heteroatoms. The molecule has 0 radical (unpaired) electrons. The summed E-state index contributed by atoms with van der Waals surface area (Å²) in [7, 11) is 4.12. The smallest absolute Gasteiger partial charge is 0.191 e. The zero-order valence-corrected chi connectivity index (χ0v) is 16.1. The predicted molar refractivity (Wildman–Crippen MR) is 103 cm³/mol. The van der Waals surface area contributed by atoms with Crippen molar-refractivity contribution in [2.24, 2.45) is 4.99 Å². The van der Waals surface area contributed by atoms with Crippen LogP contribution in [-0.4, -0.2) is 51.1 Å². The topological polar surface area (TPSA) is 39.7 Å². The van der Waals surface area contributed by atoms with Crippen LogP contribution in [0.5, 0.6) is 0 Å². The molecule has 4 nitrogen and oxygen atoms in total. The SMILES string of the molecule is CCNC(=NCCCN(C)C)NCCc1cccc(F)c1.I. The highest BCUT2D eigenvalue weighted by molar-refractivity contribution is 14.0. The maximum absolute atomic E-state index is 13.1. The van der Waals surface area contributed by atoms with Gasteiger partial charge in [0.25, 0.3) is 0 Å². The number of rotatable bonds is 8. The second-order valence-electron chi connectivity index (χ2n) is 5.22. The summed E-state index contributed by atoms with van der Waals surface area (Å²) in [6, 6.07) is 6.72. The van der Waals surface area contributed by atoms with Crippen molar-refractivity contribution in [1.82, 2.24) is 15.5 Å². The predicted octanol–water partition coefficient (Wildman–Crippen LogP) is 2.49. The van der Waals surface area contributed by atoms with Gasteiger partial charge in [-0.25, -0.2) is 4.39 Å². The van der Waals surface area contributed by atoms with E-state index < -0.39 is 0 Å². The standard InChI is InChI=1S/C16H27FN4.HI/c1-4-18-16(19-10-6-12-21(2)3)20-11-9-14-7-5-8-15(17)13-14;/h5,7-8,13H,4,6,9-12H2,1-3H3,(H2,18,19,20);1H. The Morgan fingerprint density at radius 1 is 1.27 bits per heavy atom. The Morgan fingerprint density at radius 2 is 2.05 bits per heavy atom. The lowest BCUT2D eigenvalue weighted by molar-refractivity contribution is 0.403. The van der Waals surface area contributed by atoms with Gasteiger partial charge in [0.2, 0.25) is 0 Å². The lowest BCUT2D eigenvalue weighted by atomic mass is 10.1. The Bertz CT molecular complexity index is 438. The molecule has 126 valence electrons. The maximum atomic E-state index is 13.1. The van der Waals surface area contributed by atoms with Gasteiger partial charge >= 0.3 is 0 Å². The lowest BCUT2D eigenvalue weighted by Gasteiger charge is -2.12. The summed E-state index contributed by atoms with van der Waals surface area (Å²) in [5.74, 6) is 0.643. The van der Waals surface area contributed by atoms with Gasteiger partial charge in [0.15, 0.2) is 5.96 Å². The van der Waals surface area contributed by atoms with Crippen LogP contribution in [0.1, 0.15) is 18.9 Å². The molecule has 0 heterocycles. The van der Waals surface area contributed by atoms with Crippen LogP contribution in [-0.2, 0) is 6.42 Å². The first-order valence-electron chi connectivity index (χ1n) is 7.53. The second kappa shape index (κ2) is 12.6. The summed E-state index contributed by atoms with van der Waals surface area (Å²) in [6.45, 7) is 5.45. The molecule has 0 saturated carbocycles. The number of hydrogen-bond donors (Lipinski definition) is 2. The van der Waals surface area contributed by atoms with Crippen LogP contribution in [0.4, 0.5) is 4.39 Å². The third-order valence-electron chi connectivity index (χ3n) is 2.97. The van der Waals surface area contributed by atoms with E-state index in [0.717, 1.165) is 50.5 Å². The van der Waals surface area contributed by atoms with Crippen LogP contribution in [0.2, 0.25) is 0 Å². The van der Waals surface area contributed by atoms with E-state index in [1.54, 1.807) is 12.1 Å². The van der Waals surface area contributed by atoms with Crippen molar-refractivity contribution >= 4 is 29.9 Å². The first kappa shape index (κ1) is 21.1. The van der Waals surface area contributed by atoms with Gasteiger partial charge in [0.1, 0.15) is 5.82 Å². The van der Waals surface area contributed by atoms with Gasteiger partial charge < -0.3 is 15.5 Å². The fourth-order valence-electron chi connectivity index (χ4n) is 1.94. The molecule has 0 fully saturated rings. The molecule has 0 unspecified atom stereocenters. The van der Waals surface area contributed by atoms with E-state index in [9.17, 15) is 4.39 Å². The fourth-order valence-corrected chi connectivity index (χ4v) is 1.94. The molecule has 1 aromatic carbocycles. The third-order valence-corrected chi connectivity index (χ3v) is 2.97. The Balaban J connectivity index is 0.00000441. The zero-order chi connectivity index (χ0) is 15.5. The fraction of sp³-hybridized carbons (Fsp3) is 0.562. The quantitative estimate of drug-likeness (QED) is 0.293. The highest BCUT2D eigenvalue weighted by Gasteiger charge is 1.99. The van der Waals surface area contributed by atoms with Crippen LogP contribution in [0.3, 0.4) is 0 Å². The minimum Gasteiger partial charge on any atom is -0.357 e. The van der Waals surface area contributed by atoms with Crippen molar-refractivity contribution < 1.29 is 4.39 Å². The molecular weight excluding hydrogens is 394 g/mol. The summed E-state index contributed by atoms with van der Waals surface area (Å²) in [5, 5.41) is 6.50. The van der Waals surface area contributed by atoms with E-state index in [-0.39, 0.29) is 29.8 Å². The molecule has 0 aliphatic heterocycles. The van der Waals surface area contributed by atoms with Crippen molar-refractivity contribution in [3.8, 4) is 0 Å². The molecule has 0 aromatic heterocycles. The zero-order valence-electron chi connectivity index (χ0n) is 13.7. The summed E-state index contributed by atoms with van der Waals surface area (Å²) in [5.41, 5.74) is 0.992. The Hall–Kier alpha value is -0.890. The minimum atomic E-state index is -0.184. The van der Waals surface area contributed by atoms with E-state index in [1.165, 1.54) is 6.07 Å². The molecule has 0 amide bonds. The van der Waals surface area contributed by atoms with Crippen molar-refractivity contribution in [1.29, 1.82) is 0 Å². The van der Waals surface area contributed by atoms with E-state index in [0.29, 0.717) is 0 Å². The number of halogens is 2. The van der Waals surface area contributed by atoms with Gasteiger partial charge in [-0.1, -0.05) is 12.1 Å². The molecule has 0 bridgehead atoms. The first-order chi connectivity index (χ1) is 10.1. The maximum Gasteiger partial charge on any atom is 0.191 e. The number of guanidine groups is 1. The number of benzene rings is 1. The monoisotopic (exact) mass is 422 g/mol. The highest BCUT2D eigenvalue weighted by Crippen LogP contribution is 2.03. The van der Waals surface area contributed by atoms with Gasteiger partial charge in [-0.15, -0.1) is 24.0 Å². The summed E-state index contributed by atoms with van der Waals surface area (Å²) in [6.07, 6.45) is 1.81. The summed E-state index contributed by atoms with van der Waals surface area (Å²) >= 11 is 0. The van der Waals surface area contributed by atoms with Gasteiger partial charge in [-0.2, -0.15) is 0 Å². The molecule has 0 saturated heterocycles. The molecule has 22 heavy (non-hydrogen) atoms. The van der Waals surface area contributed by atoms with E-state index in [2.05, 4.69) is 34.6 Å². The molecule has 0 atom stereocenters. The van der Waals surface area contributed by atoms with Crippen molar-refractivity contribution in [2.75, 3.05) is 40.3 Å². The average Bonchev–Trinajstić information content (AvgIpc) is 2.43. The summed E-state index contributed by atoms with van der Waals surface area (Å²) < 4.78 is 13.1. The minimum absolute atomic E-state index is 0. The molecule has 2 N–H and O–H groups in total. The molecule has 1 aromatic rings. The van der Waals surface area contributed by atoms with Crippen LogP contribution in [0, 0.1) is 5.82 Å². The lowest BCUT2D eigenvalue weighted by Crippen LogP contribution is -2.38. The van der Waals surface area contributed by atoms with Crippen molar-refractivity contribution in [3.63, 3.8) is 0 Å². The number of nitrogens with one attached hydrogen (secondary N) is 2. The van der Waals surface area contributed by atoms with Crippen LogP contribution < -0.4 is 10.6 Å². The number of aliphatic imine (C=N–C) groups is 1. The average molecular weight is 422 g/mol. The normalized spacial score (nSPS) is 11.2. The van der Waals surface area contributed by atoms with Gasteiger partial charge in [-0.3, -0.25) is 4.99 Å². The van der Waals surface area contributed by atoms with Crippen LogP contribution >= 0.6 is 24.0 Å². The van der Waals surface area contributed by atoms with Gasteiger partial charge in [-0.05, 0) is 58.1 Å². The molecule has 0 spiro atoms. The largest absolute Gasteiger partial charge is 0.357 e. The van der Waals surface area contributed by atoms with Crippen molar-refractivity contribution in [2.45, 2.75) is 19.8 Å². The van der Waals surface area contributed by atoms with Crippen LogP contribution in [0.25, 0.3) is 0 Å². The second-order valence-corrected chi connectivity index (χ2v) is 5.22. The highest BCUT2D eigenvalue weighted by atomic mass is 127. The van der Waals surface area contributed by atoms with E-state index in [1.807, 2.05) is 13.0 Å². The molecule has 0 aliphatic rings. The third kappa shape index (κ3) is 9.94. The van der Waals surface area contributed by atoms with Gasteiger partial charge in [0, 0.05) is 19.6 Å². The molecular formula is C16H28FIN4. The van der Waals surface area contributed by atoms with Crippen LogP contribution in [0.15, 0.2) is 29.3 Å². The van der Waals surface area contributed by atoms with Gasteiger partial charge in [0.05, 0.1) is 0 Å². The Morgan fingerprint density at radius 3 is 2.68 bits per heavy atom. The number of hydrogen-bond acceptors (Lipinski definition) is 2. The number of nitrogens with zero attached hydrogens (tertiary/aromatic N) is 2. The molecule has 0 aliphatic carbocycles. The first-order valence-corrected chi connectivity index (χ1v) is 7.53. The Kier molecular flexibility index (Phi) is 12.1. The van der Waals surface area contributed by atoms with E-state index in [4.69, 9.17) is 0 Å². The Labute approximate surface area is 150 Å². The van der Waals surface area contributed by atoms with E-state index >= 15 is 0 Å².